The van der Waals surface area contributed by atoms with E-state index in [0.29, 0.717) is 0 Å². The number of methoxy groups -OCH3 is 1. The van der Waals surface area contributed by atoms with Crippen molar-refractivity contribution in [2.75, 3.05) is 14.2 Å². The molecule has 0 radical (unpaired) electrons. The molecule has 0 aliphatic heterocycles. The Morgan fingerprint density at radius 2 is 1.96 bits per heavy atom. The molecule has 0 atom stereocenters. The predicted octanol–water partition coefficient (Wildman–Crippen LogP) is 4.09. The fraction of sp³-hybridized carbons (Fsp3) is 0.176. The summed E-state index contributed by atoms with van der Waals surface area (Å²) < 4.78 is 7.38. The summed E-state index contributed by atoms with van der Waals surface area (Å²) in [4.78, 5) is 6.34. The van der Waals surface area contributed by atoms with Gasteiger partial charge in [-0.2, -0.15) is 5.10 Å². The minimum absolute atomic E-state index is 0.825. The van der Waals surface area contributed by atoms with Gasteiger partial charge in [0, 0.05) is 18.0 Å². The average Bonchev–Trinajstić information content (AvgIpc) is 3.24. The molecule has 0 fully saturated rings. The van der Waals surface area contributed by atoms with E-state index in [1.54, 1.807) is 36.8 Å². The zero-order valence-electron chi connectivity index (χ0n) is 13.2. The Balaban J connectivity index is 2.18. The topological polar surface area (TPSA) is 38.9 Å². The van der Waals surface area contributed by atoms with E-state index >= 15 is 0 Å². The van der Waals surface area contributed by atoms with Gasteiger partial charge in [-0.25, -0.2) is 4.68 Å². The molecule has 0 amide bonds. The Labute approximate surface area is 143 Å². The molecule has 0 aliphatic carbocycles. The highest BCUT2D eigenvalue weighted by molar-refractivity contribution is 7.12. The standard InChI is InChI=1S/C17H17N3OS2/c1-12(16-9-6-10-22-16)19-20-14(11-23-17(20)18-2)13-7-4-5-8-15(13)21-3/h4-11H,1-3H3. The summed E-state index contributed by atoms with van der Waals surface area (Å²) in [5, 5.41) is 8.90. The Kier molecular flexibility index (Phi) is 4.73. The third-order valence-corrected chi connectivity index (χ3v) is 5.27. The van der Waals surface area contributed by atoms with Crippen molar-refractivity contribution in [3.05, 3.63) is 56.8 Å². The predicted molar refractivity (Wildman–Crippen MR) is 97.7 cm³/mol. The van der Waals surface area contributed by atoms with Crippen LogP contribution in [0, 0.1) is 0 Å². The lowest BCUT2D eigenvalue weighted by molar-refractivity contribution is 0.416. The molecule has 0 N–H and O–H groups in total. The molecule has 0 spiro atoms. The lowest BCUT2D eigenvalue weighted by atomic mass is 10.1. The van der Waals surface area contributed by atoms with E-state index < -0.39 is 0 Å². The summed E-state index contributed by atoms with van der Waals surface area (Å²) >= 11 is 3.25. The fourth-order valence-corrected chi connectivity index (χ4v) is 3.73. The molecule has 0 saturated carbocycles. The number of rotatable bonds is 4. The molecule has 23 heavy (non-hydrogen) atoms. The number of benzene rings is 1. The first-order chi connectivity index (χ1) is 11.2. The lowest BCUT2D eigenvalue weighted by Crippen LogP contribution is -2.13. The van der Waals surface area contributed by atoms with Crippen molar-refractivity contribution in [2.45, 2.75) is 6.92 Å². The van der Waals surface area contributed by atoms with Gasteiger partial charge in [0.25, 0.3) is 0 Å². The highest BCUT2D eigenvalue weighted by Crippen LogP contribution is 2.30. The maximum atomic E-state index is 5.49. The Bertz CT molecular complexity index is 889. The quantitative estimate of drug-likeness (QED) is 0.658. The third-order valence-electron chi connectivity index (χ3n) is 3.39. The van der Waals surface area contributed by atoms with Crippen molar-refractivity contribution in [2.24, 2.45) is 10.1 Å². The number of hydrogen-bond donors (Lipinski definition) is 0. The first kappa shape index (κ1) is 15.7. The fourth-order valence-electron chi connectivity index (χ4n) is 2.27. The molecule has 0 aliphatic rings. The number of thiophene rings is 1. The van der Waals surface area contributed by atoms with Crippen molar-refractivity contribution < 1.29 is 4.74 Å². The number of aromatic nitrogens is 1. The Hall–Kier alpha value is -2.18. The number of nitrogens with zero attached hydrogens (tertiary/aromatic N) is 3. The summed E-state index contributed by atoms with van der Waals surface area (Å²) in [6.45, 7) is 2.02. The van der Waals surface area contributed by atoms with Crippen LogP contribution in [-0.4, -0.2) is 24.5 Å². The second-order valence-corrected chi connectivity index (χ2v) is 6.59. The first-order valence-electron chi connectivity index (χ1n) is 7.11. The van der Waals surface area contributed by atoms with E-state index in [4.69, 9.17) is 9.84 Å². The molecule has 1 aromatic carbocycles. The van der Waals surface area contributed by atoms with Crippen LogP contribution in [-0.2, 0) is 0 Å². The summed E-state index contributed by atoms with van der Waals surface area (Å²) in [6.07, 6.45) is 0. The Morgan fingerprint density at radius 3 is 2.65 bits per heavy atom. The van der Waals surface area contributed by atoms with Crippen LogP contribution >= 0.6 is 22.7 Å². The minimum atomic E-state index is 0.825. The van der Waals surface area contributed by atoms with Gasteiger partial charge < -0.3 is 4.74 Å². The minimum Gasteiger partial charge on any atom is -0.496 e. The third kappa shape index (κ3) is 3.13. The maximum absolute atomic E-state index is 5.49. The summed E-state index contributed by atoms with van der Waals surface area (Å²) in [7, 11) is 3.46. The molecule has 3 aromatic rings. The van der Waals surface area contributed by atoms with E-state index in [0.717, 1.165) is 32.4 Å². The van der Waals surface area contributed by atoms with Gasteiger partial charge in [-0.05, 0) is 30.5 Å². The van der Waals surface area contributed by atoms with Gasteiger partial charge in [0.2, 0.25) is 4.80 Å². The van der Waals surface area contributed by atoms with Crippen LogP contribution in [0.1, 0.15) is 11.8 Å². The molecule has 3 rings (SSSR count). The second kappa shape index (κ2) is 6.93. The highest BCUT2D eigenvalue weighted by Gasteiger charge is 2.12. The van der Waals surface area contributed by atoms with Gasteiger partial charge in [-0.1, -0.05) is 18.2 Å². The van der Waals surface area contributed by atoms with Gasteiger partial charge in [0.05, 0.1) is 23.4 Å². The summed E-state index contributed by atoms with van der Waals surface area (Å²) in [5.74, 6) is 0.825. The molecule has 118 valence electrons. The van der Waals surface area contributed by atoms with Crippen molar-refractivity contribution in [1.29, 1.82) is 0 Å². The van der Waals surface area contributed by atoms with Gasteiger partial charge in [0.1, 0.15) is 5.75 Å². The molecule has 2 aromatic heterocycles. The van der Waals surface area contributed by atoms with Crippen LogP contribution in [0.4, 0.5) is 0 Å². The van der Waals surface area contributed by atoms with Gasteiger partial charge in [0.15, 0.2) is 0 Å². The van der Waals surface area contributed by atoms with Gasteiger partial charge in [-0.15, -0.1) is 22.7 Å². The number of ether oxygens (including phenoxy) is 1. The van der Waals surface area contributed by atoms with Gasteiger partial charge >= 0.3 is 0 Å². The largest absolute Gasteiger partial charge is 0.496 e. The number of para-hydroxylation sites is 1. The lowest BCUT2D eigenvalue weighted by Gasteiger charge is -2.09. The molecule has 0 unspecified atom stereocenters. The average molecular weight is 343 g/mol. The molecule has 0 saturated heterocycles. The van der Waals surface area contributed by atoms with Gasteiger partial charge in [-0.3, -0.25) is 4.99 Å². The van der Waals surface area contributed by atoms with Crippen LogP contribution in [0.15, 0.2) is 57.3 Å². The highest BCUT2D eigenvalue weighted by atomic mass is 32.1. The molecule has 0 bridgehead atoms. The summed E-state index contributed by atoms with van der Waals surface area (Å²) in [6, 6.07) is 12.1. The zero-order valence-corrected chi connectivity index (χ0v) is 14.8. The van der Waals surface area contributed by atoms with E-state index in [2.05, 4.69) is 21.8 Å². The monoisotopic (exact) mass is 343 g/mol. The van der Waals surface area contributed by atoms with Crippen molar-refractivity contribution in [3.63, 3.8) is 0 Å². The van der Waals surface area contributed by atoms with E-state index in [1.807, 2.05) is 41.9 Å². The molecule has 4 nitrogen and oxygen atoms in total. The van der Waals surface area contributed by atoms with Crippen LogP contribution in [0.5, 0.6) is 5.75 Å². The molecule has 6 heteroatoms. The van der Waals surface area contributed by atoms with Crippen molar-refractivity contribution in [3.8, 4) is 17.0 Å². The normalized spacial score (nSPS) is 12.7. The van der Waals surface area contributed by atoms with Crippen LogP contribution in [0.25, 0.3) is 11.3 Å². The maximum Gasteiger partial charge on any atom is 0.205 e. The second-order valence-electron chi connectivity index (χ2n) is 4.80. The van der Waals surface area contributed by atoms with E-state index in [-0.39, 0.29) is 0 Å². The molecular formula is C17H17N3OS2. The molecule has 2 heterocycles. The van der Waals surface area contributed by atoms with Crippen molar-refractivity contribution in [1.82, 2.24) is 4.68 Å². The molecular weight excluding hydrogens is 326 g/mol. The van der Waals surface area contributed by atoms with Crippen molar-refractivity contribution >= 4 is 28.4 Å². The van der Waals surface area contributed by atoms with Crippen LogP contribution in [0.2, 0.25) is 0 Å². The number of hydrogen-bond acceptors (Lipinski definition) is 5. The smallest absolute Gasteiger partial charge is 0.205 e. The summed E-state index contributed by atoms with van der Waals surface area (Å²) in [5.41, 5.74) is 2.94. The van der Waals surface area contributed by atoms with E-state index in [9.17, 15) is 0 Å². The Morgan fingerprint density at radius 1 is 1.13 bits per heavy atom. The van der Waals surface area contributed by atoms with Crippen LogP contribution in [0.3, 0.4) is 0 Å². The zero-order chi connectivity index (χ0) is 16.2. The first-order valence-corrected chi connectivity index (χ1v) is 8.86. The van der Waals surface area contributed by atoms with Crippen LogP contribution < -0.4 is 9.54 Å². The number of thiazole rings is 1. The van der Waals surface area contributed by atoms with E-state index in [1.165, 1.54) is 0 Å². The SMILES string of the molecule is CN=c1scc(-c2ccccc2OC)n1N=C(C)c1cccs1.